The van der Waals surface area contributed by atoms with Crippen molar-refractivity contribution < 1.29 is 4.79 Å². The zero-order valence-electron chi connectivity index (χ0n) is 16.7. The van der Waals surface area contributed by atoms with E-state index in [1.54, 1.807) is 6.20 Å². The summed E-state index contributed by atoms with van der Waals surface area (Å²) in [5, 5.41) is 3.02. The summed E-state index contributed by atoms with van der Waals surface area (Å²) in [7, 11) is 0. The summed E-state index contributed by atoms with van der Waals surface area (Å²) >= 11 is 0. The molecule has 3 heterocycles. The van der Waals surface area contributed by atoms with Crippen LogP contribution in [-0.4, -0.2) is 28.1 Å². The van der Waals surface area contributed by atoms with E-state index in [9.17, 15) is 4.79 Å². The summed E-state index contributed by atoms with van der Waals surface area (Å²) in [6.07, 6.45) is 3.92. The van der Waals surface area contributed by atoms with Crippen LogP contribution in [0.25, 0.3) is 0 Å². The third-order valence-corrected chi connectivity index (χ3v) is 5.19. The second-order valence-corrected chi connectivity index (χ2v) is 7.48. The topological polar surface area (TPSA) is 67.2 Å². The molecule has 29 heavy (non-hydrogen) atoms. The van der Waals surface area contributed by atoms with Crippen LogP contribution in [0, 0.1) is 6.92 Å². The first-order valence-corrected chi connectivity index (χ1v) is 9.87. The number of amides is 1. The Bertz CT molecular complexity index is 1060. The number of nitrogens with zero attached hydrogens (tertiary/aromatic N) is 3. The lowest BCUT2D eigenvalue weighted by Crippen LogP contribution is -2.29. The molecular formula is C24H24N4O. The molecule has 1 aliphatic rings. The number of nitrogens with one attached hydrogen (secondary N) is 1. The van der Waals surface area contributed by atoms with Crippen LogP contribution in [0.2, 0.25) is 0 Å². The van der Waals surface area contributed by atoms with E-state index in [2.05, 4.69) is 39.3 Å². The Morgan fingerprint density at radius 2 is 1.97 bits per heavy atom. The number of fused-ring (bicyclic) bond motifs is 1. The molecule has 1 aliphatic heterocycles. The first kappa shape index (κ1) is 19.0. The second-order valence-electron chi connectivity index (χ2n) is 7.48. The van der Waals surface area contributed by atoms with Gasteiger partial charge in [0.25, 0.3) is 0 Å². The fourth-order valence-corrected chi connectivity index (χ4v) is 3.57. The van der Waals surface area contributed by atoms with Crippen LogP contribution in [0.4, 0.5) is 0 Å². The average Bonchev–Trinajstić information content (AvgIpc) is 3.16. The summed E-state index contributed by atoms with van der Waals surface area (Å²) in [6, 6.07) is 16.2. The average molecular weight is 384 g/mol. The number of benzene rings is 1. The number of rotatable bonds is 6. The van der Waals surface area contributed by atoms with Crippen LogP contribution in [0.1, 0.15) is 46.5 Å². The molecule has 146 valence electrons. The fourth-order valence-electron chi connectivity index (χ4n) is 3.57. The minimum absolute atomic E-state index is 0.0101. The summed E-state index contributed by atoms with van der Waals surface area (Å²) in [6.45, 7) is 5.32. The SMILES string of the molecule is Cc1cc(C2=NCc3cc(CC(=O)NC[C@@H](C)c4ccccc4)ncc32)ccn1. The van der Waals surface area contributed by atoms with Gasteiger partial charge in [0.15, 0.2) is 0 Å². The van der Waals surface area contributed by atoms with Crippen molar-refractivity contribution in [3.63, 3.8) is 0 Å². The Hall–Kier alpha value is -3.34. The predicted molar refractivity (Wildman–Crippen MR) is 114 cm³/mol. The predicted octanol–water partition coefficient (Wildman–Crippen LogP) is 3.60. The Balaban J connectivity index is 1.38. The highest BCUT2D eigenvalue weighted by Gasteiger charge is 2.19. The number of aryl methyl sites for hydroxylation is 1. The van der Waals surface area contributed by atoms with Crippen LogP contribution in [0.3, 0.4) is 0 Å². The van der Waals surface area contributed by atoms with E-state index in [-0.39, 0.29) is 18.2 Å². The number of carbonyl (C=O) groups excluding carboxylic acids is 1. The van der Waals surface area contributed by atoms with Gasteiger partial charge in [0.05, 0.1) is 24.4 Å². The molecule has 0 saturated carbocycles. The molecule has 1 atom stereocenters. The molecule has 4 rings (SSSR count). The van der Waals surface area contributed by atoms with Crippen molar-refractivity contribution in [3.8, 4) is 0 Å². The van der Waals surface area contributed by atoms with Crippen molar-refractivity contribution in [2.45, 2.75) is 32.7 Å². The largest absolute Gasteiger partial charge is 0.355 e. The molecule has 1 amide bonds. The van der Waals surface area contributed by atoms with Gasteiger partial charge in [-0.15, -0.1) is 0 Å². The molecule has 2 aromatic heterocycles. The van der Waals surface area contributed by atoms with Gasteiger partial charge in [-0.25, -0.2) is 0 Å². The van der Waals surface area contributed by atoms with Gasteiger partial charge >= 0.3 is 0 Å². The zero-order chi connectivity index (χ0) is 20.2. The monoisotopic (exact) mass is 384 g/mol. The van der Waals surface area contributed by atoms with Gasteiger partial charge in [-0.05, 0) is 42.2 Å². The molecule has 5 heteroatoms. The van der Waals surface area contributed by atoms with Gasteiger partial charge in [0.1, 0.15) is 0 Å². The van der Waals surface area contributed by atoms with Crippen LogP contribution in [0.5, 0.6) is 0 Å². The Labute approximate surface area is 171 Å². The molecule has 1 aromatic carbocycles. The molecular weight excluding hydrogens is 360 g/mol. The Morgan fingerprint density at radius 3 is 2.76 bits per heavy atom. The number of hydrogen-bond acceptors (Lipinski definition) is 4. The van der Waals surface area contributed by atoms with Gasteiger partial charge in [-0.1, -0.05) is 37.3 Å². The molecule has 0 fully saturated rings. The highest BCUT2D eigenvalue weighted by Crippen LogP contribution is 2.23. The van der Waals surface area contributed by atoms with Crippen LogP contribution >= 0.6 is 0 Å². The molecule has 1 N–H and O–H groups in total. The third kappa shape index (κ3) is 4.40. The lowest BCUT2D eigenvalue weighted by molar-refractivity contribution is -0.120. The maximum absolute atomic E-state index is 12.4. The molecule has 0 radical (unpaired) electrons. The van der Waals surface area contributed by atoms with Crippen LogP contribution in [-0.2, 0) is 17.8 Å². The van der Waals surface area contributed by atoms with Crippen molar-refractivity contribution in [2.75, 3.05) is 6.54 Å². The van der Waals surface area contributed by atoms with Crippen LogP contribution < -0.4 is 5.32 Å². The maximum atomic E-state index is 12.4. The summed E-state index contributed by atoms with van der Waals surface area (Å²) in [4.78, 5) is 25.8. The fraction of sp³-hybridized carbons (Fsp3) is 0.250. The van der Waals surface area contributed by atoms with Crippen molar-refractivity contribution in [1.82, 2.24) is 15.3 Å². The molecule has 0 aliphatic carbocycles. The van der Waals surface area contributed by atoms with Gasteiger partial charge in [0.2, 0.25) is 5.91 Å². The Morgan fingerprint density at radius 1 is 1.14 bits per heavy atom. The van der Waals surface area contributed by atoms with E-state index in [0.717, 1.165) is 33.8 Å². The summed E-state index contributed by atoms with van der Waals surface area (Å²) < 4.78 is 0. The van der Waals surface area contributed by atoms with Crippen molar-refractivity contribution >= 4 is 11.6 Å². The molecule has 0 unspecified atom stereocenters. The van der Waals surface area contributed by atoms with E-state index in [1.807, 2.05) is 49.5 Å². The van der Waals surface area contributed by atoms with Crippen LogP contribution in [0.15, 0.2) is 65.9 Å². The van der Waals surface area contributed by atoms with E-state index in [4.69, 9.17) is 0 Å². The third-order valence-electron chi connectivity index (χ3n) is 5.19. The molecule has 0 saturated heterocycles. The van der Waals surface area contributed by atoms with Crippen molar-refractivity contribution in [2.24, 2.45) is 4.99 Å². The van der Waals surface area contributed by atoms with Gasteiger partial charge in [-0.3, -0.25) is 19.8 Å². The minimum Gasteiger partial charge on any atom is -0.355 e. The van der Waals surface area contributed by atoms with Gasteiger partial charge < -0.3 is 5.32 Å². The normalized spacial score (nSPS) is 13.5. The van der Waals surface area contributed by atoms with E-state index in [1.165, 1.54) is 5.56 Å². The zero-order valence-corrected chi connectivity index (χ0v) is 16.7. The molecule has 0 spiro atoms. The lowest BCUT2D eigenvalue weighted by Gasteiger charge is -2.13. The van der Waals surface area contributed by atoms with E-state index >= 15 is 0 Å². The van der Waals surface area contributed by atoms with Crippen molar-refractivity contribution in [3.05, 3.63) is 94.6 Å². The Kier molecular flexibility index (Phi) is 5.47. The lowest BCUT2D eigenvalue weighted by atomic mass is 10.0. The second kappa shape index (κ2) is 8.35. The number of aliphatic imine (C=N–C) groups is 1. The summed E-state index contributed by atoms with van der Waals surface area (Å²) in [5.41, 5.74) is 7.12. The molecule has 0 bridgehead atoms. The first-order chi connectivity index (χ1) is 14.1. The van der Waals surface area contributed by atoms with Gasteiger partial charge in [-0.2, -0.15) is 0 Å². The standard InChI is InChI=1S/C24H24N4O/c1-16(18-6-4-3-5-7-18)13-27-23(29)12-21-11-20-14-28-24(22(20)15-26-21)19-8-9-25-17(2)10-19/h3-11,15-16H,12-14H2,1-2H3,(H,27,29)/t16-/m1/s1. The first-order valence-electron chi connectivity index (χ1n) is 9.87. The maximum Gasteiger partial charge on any atom is 0.226 e. The highest BCUT2D eigenvalue weighted by molar-refractivity contribution is 6.15. The smallest absolute Gasteiger partial charge is 0.226 e. The van der Waals surface area contributed by atoms with E-state index in [0.29, 0.717) is 13.1 Å². The molecule has 5 nitrogen and oxygen atoms in total. The van der Waals surface area contributed by atoms with Gasteiger partial charge in [0, 0.05) is 35.8 Å². The number of aromatic nitrogens is 2. The number of hydrogen-bond donors (Lipinski definition) is 1. The molecule has 3 aromatic rings. The number of carbonyl (C=O) groups is 1. The highest BCUT2D eigenvalue weighted by atomic mass is 16.1. The van der Waals surface area contributed by atoms with E-state index < -0.39 is 0 Å². The quantitative estimate of drug-likeness (QED) is 0.706. The summed E-state index contributed by atoms with van der Waals surface area (Å²) in [5.74, 6) is 0.261. The van der Waals surface area contributed by atoms with Crippen molar-refractivity contribution in [1.29, 1.82) is 0 Å². The number of pyridine rings is 2. The minimum atomic E-state index is -0.0101.